The van der Waals surface area contributed by atoms with Gasteiger partial charge in [0.25, 0.3) is 0 Å². The molecule has 0 aromatic heterocycles. The van der Waals surface area contributed by atoms with Crippen LogP contribution < -0.4 is 5.32 Å². The molecule has 2 atom stereocenters. The summed E-state index contributed by atoms with van der Waals surface area (Å²) in [5.74, 6) is -0.0673. The van der Waals surface area contributed by atoms with Crippen molar-refractivity contribution in [3.05, 3.63) is 36.5 Å². The molecule has 1 amide bonds. The first-order valence-electron chi connectivity index (χ1n) is 21.2. The summed E-state index contributed by atoms with van der Waals surface area (Å²) in [7, 11) is 0. The number of carbonyl (C=O) groups is 1. The number of nitrogens with one attached hydrogen (secondary N) is 1. The van der Waals surface area contributed by atoms with Crippen molar-refractivity contribution in [2.24, 2.45) is 0 Å². The van der Waals surface area contributed by atoms with E-state index < -0.39 is 12.1 Å². The Bertz CT molecular complexity index is 731. The average molecular weight is 674 g/mol. The van der Waals surface area contributed by atoms with E-state index in [1.807, 2.05) is 6.08 Å². The van der Waals surface area contributed by atoms with Crippen LogP contribution in [0, 0.1) is 0 Å². The van der Waals surface area contributed by atoms with Gasteiger partial charge in [0, 0.05) is 6.42 Å². The predicted octanol–water partition coefficient (Wildman–Crippen LogP) is 13.0. The lowest BCUT2D eigenvalue weighted by Crippen LogP contribution is -2.45. The average Bonchev–Trinajstić information content (AvgIpc) is 3.09. The van der Waals surface area contributed by atoms with Crippen molar-refractivity contribution in [1.29, 1.82) is 0 Å². The van der Waals surface area contributed by atoms with Crippen molar-refractivity contribution >= 4 is 5.91 Å². The fourth-order valence-corrected chi connectivity index (χ4v) is 6.29. The molecule has 0 spiro atoms. The molecule has 0 radical (unpaired) electrons. The fourth-order valence-electron chi connectivity index (χ4n) is 6.29. The Morgan fingerprint density at radius 2 is 0.833 bits per heavy atom. The van der Waals surface area contributed by atoms with Crippen LogP contribution in [0.3, 0.4) is 0 Å². The SMILES string of the molecule is CCC/C=C/CCCCCCCC/C=C/[C@@H](O)[C@H](CO)NC(=O)CCCCCCCCCCCCCCC/C=C/CCCCCCCC. The maximum Gasteiger partial charge on any atom is 0.220 e. The zero-order valence-corrected chi connectivity index (χ0v) is 32.3. The van der Waals surface area contributed by atoms with Crippen LogP contribution in [-0.4, -0.2) is 34.9 Å². The second kappa shape index (κ2) is 40.0. The topological polar surface area (TPSA) is 69.6 Å². The third-order valence-corrected chi connectivity index (χ3v) is 9.57. The second-order valence-electron chi connectivity index (χ2n) is 14.4. The highest BCUT2D eigenvalue weighted by molar-refractivity contribution is 5.76. The van der Waals surface area contributed by atoms with Crippen LogP contribution in [-0.2, 0) is 4.79 Å². The molecule has 0 unspecified atom stereocenters. The highest BCUT2D eigenvalue weighted by atomic mass is 16.3. The molecule has 0 fully saturated rings. The van der Waals surface area contributed by atoms with Crippen LogP contribution in [0.2, 0.25) is 0 Å². The van der Waals surface area contributed by atoms with Crippen molar-refractivity contribution < 1.29 is 15.0 Å². The van der Waals surface area contributed by atoms with Crippen LogP contribution in [0.25, 0.3) is 0 Å². The summed E-state index contributed by atoms with van der Waals surface area (Å²) in [6, 6.07) is -0.623. The Hall–Kier alpha value is -1.39. The fraction of sp³-hybridized carbons (Fsp3) is 0.841. The maximum absolute atomic E-state index is 12.4. The molecule has 3 N–H and O–H groups in total. The first-order chi connectivity index (χ1) is 23.7. The molecule has 0 saturated heterocycles. The molecule has 0 rings (SSSR count). The number of allylic oxidation sites excluding steroid dienone is 5. The number of rotatable bonds is 38. The third-order valence-electron chi connectivity index (χ3n) is 9.57. The van der Waals surface area contributed by atoms with E-state index in [9.17, 15) is 15.0 Å². The maximum atomic E-state index is 12.4. The summed E-state index contributed by atoms with van der Waals surface area (Å²) < 4.78 is 0. The Kier molecular flexibility index (Phi) is 38.9. The number of hydrogen-bond donors (Lipinski definition) is 3. The molecule has 0 aromatic carbocycles. The summed E-state index contributed by atoms with van der Waals surface area (Å²) in [4.78, 5) is 12.4. The van der Waals surface area contributed by atoms with E-state index in [1.165, 1.54) is 173 Å². The summed E-state index contributed by atoms with van der Waals surface area (Å²) in [6.45, 7) is 4.25. The van der Waals surface area contributed by atoms with Gasteiger partial charge >= 0.3 is 0 Å². The van der Waals surface area contributed by atoms with Crippen LogP contribution in [0.5, 0.6) is 0 Å². The first kappa shape index (κ1) is 46.6. The number of aliphatic hydroxyl groups excluding tert-OH is 2. The van der Waals surface area contributed by atoms with Crippen molar-refractivity contribution in [3.63, 3.8) is 0 Å². The normalized spacial score (nSPS) is 13.3. The van der Waals surface area contributed by atoms with Gasteiger partial charge in [-0.25, -0.2) is 0 Å². The number of aliphatic hydroxyl groups is 2. The molecule has 0 saturated carbocycles. The molecular weight excluding hydrogens is 590 g/mol. The van der Waals surface area contributed by atoms with Crippen LogP contribution in [0.1, 0.15) is 219 Å². The van der Waals surface area contributed by atoms with E-state index in [1.54, 1.807) is 6.08 Å². The summed E-state index contributed by atoms with van der Waals surface area (Å²) in [5.41, 5.74) is 0. The molecule has 0 bridgehead atoms. The Morgan fingerprint density at radius 1 is 0.479 bits per heavy atom. The molecule has 0 aliphatic rings. The van der Waals surface area contributed by atoms with Gasteiger partial charge in [-0.1, -0.05) is 185 Å². The summed E-state index contributed by atoms with van der Waals surface area (Å²) in [6.07, 6.45) is 52.5. The number of hydrogen-bond acceptors (Lipinski definition) is 3. The molecule has 4 nitrogen and oxygen atoms in total. The van der Waals surface area contributed by atoms with Crippen molar-refractivity contribution in [1.82, 2.24) is 5.32 Å². The van der Waals surface area contributed by atoms with Gasteiger partial charge in [-0.3, -0.25) is 4.79 Å². The minimum atomic E-state index is -0.841. The lowest BCUT2D eigenvalue weighted by Gasteiger charge is -2.20. The zero-order valence-electron chi connectivity index (χ0n) is 32.3. The minimum Gasteiger partial charge on any atom is -0.394 e. The van der Waals surface area contributed by atoms with Crippen molar-refractivity contribution in [2.45, 2.75) is 231 Å². The molecule has 282 valence electrons. The smallest absolute Gasteiger partial charge is 0.220 e. The summed E-state index contributed by atoms with van der Waals surface area (Å²) >= 11 is 0. The van der Waals surface area contributed by atoms with Gasteiger partial charge < -0.3 is 15.5 Å². The van der Waals surface area contributed by atoms with E-state index in [2.05, 4.69) is 43.5 Å². The summed E-state index contributed by atoms with van der Waals surface area (Å²) in [5, 5.41) is 22.9. The molecule has 0 aliphatic heterocycles. The van der Waals surface area contributed by atoms with Gasteiger partial charge in [-0.2, -0.15) is 0 Å². The van der Waals surface area contributed by atoms with E-state index in [4.69, 9.17) is 0 Å². The number of unbranched alkanes of at least 4 members (excludes halogenated alkanes) is 27. The molecule has 48 heavy (non-hydrogen) atoms. The highest BCUT2D eigenvalue weighted by Gasteiger charge is 2.17. The predicted molar refractivity (Wildman–Crippen MR) is 212 cm³/mol. The second-order valence-corrected chi connectivity index (χ2v) is 14.4. The lowest BCUT2D eigenvalue weighted by molar-refractivity contribution is -0.123. The van der Waals surface area contributed by atoms with Crippen molar-refractivity contribution in [3.8, 4) is 0 Å². The van der Waals surface area contributed by atoms with E-state index in [-0.39, 0.29) is 12.5 Å². The molecular formula is C44H83NO3. The molecule has 4 heteroatoms. The van der Waals surface area contributed by atoms with Crippen LogP contribution in [0.4, 0.5) is 0 Å². The molecule has 0 aromatic rings. The van der Waals surface area contributed by atoms with Gasteiger partial charge in [0.1, 0.15) is 0 Å². The number of amides is 1. The highest BCUT2D eigenvalue weighted by Crippen LogP contribution is 2.15. The minimum absolute atomic E-state index is 0.0673. The molecule has 0 heterocycles. The van der Waals surface area contributed by atoms with Crippen LogP contribution >= 0.6 is 0 Å². The van der Waals surface area contributed by atoms with Gasteiger partial charge in [-0.15, -0.1) is 0 Å². The van der Waals surface area contributed by atoms with Crippen molar-refractivity contribution in [2.75, 3.05) is 6.61 Å². The van der Waals surface area contributed by atoms with Gasteiger partial charge in [-0.05, 0) is 64.2 Å². The Balaban J connectivity index is 3.53. The lowest BCUT2D eigenvalue weighted by atomic mass is 10.0. The monoisotopic (exact) mass is 674 g/mol. The Labute approximate surface area is 300 Å². The third kappa shape index (κ3) is 35.9. The quantitative estimate of drug-likeness (QED) is 0.0451. The standard InChI is InChI=1S/C44H83NO3/c1-3-5-7-9-11-13-15-17-18-19-20-21-22-23-24-25-26-28-30-32-34-36-38-40-44(48)45-42(41-46)43(47)39-37-35-33-31-29-27-16-14-12-10-8-6-4-2/h8,10,17-18,37,39,42-43,46-47H,3-7,9,11-16,19-36,38,40-41H2,1-2H3,(H,45,48)/b10-8+,18-17+,39-37+/t42-,43+/m0/s1. The van der Waals surface area contributed by atoms with Gasteiger partial charge in [0.15, 0.2) is 0 Å². The first-order valence-corrected chi connectivity index (χ1v) is 21.2. The largest absolute Gasteiger partial charge is 0.394 e. The number of carbonyl (C=O) groups excluding carboxylic acids is 1. The zero-order chi connectivity index (χ0) is 35.0. The van der Waals surface area contributed by atoms with E-state index >= 15 is 0 Å². The van der Waals surface area contributed by atoms with E-state index in [0.717, 1.165) is 25.7 Å². The van der Waals surface area contributed by atoms with Crippen LogP contribution in [0.15, 0.2) is 36.5 Å². The van der Waals surface area contributed by atoms with Gasteiger partial charge in [0.2, 0.25) is 5.91 Å². The van der Waals surface area contributed by atoms with E-state index in [0.29, 0.717) is 6.42 Å². The van der Waals surface area contributed by atoms with Gasteiger partial charge in [0.05, 0.1) is 18.8 Å². The Morgan fingerprint density at radius 3 is 1.23 bits per heavy atom. The molecule has 0 aliphatic carbocycles.